The van der Waals surface area contributed by atoms with E-state index in [4.69, 9.17) is 11.6 Å². The zero-order chi connectivity index (χ0) is 25.8. The molecule has 0 saturated carbocycles. The molecule has 0 spiro atoms. The highest BCUT2D eigenvalue weighted by atomic mass is 35.5. The third kappa shape index (κ3) is 5.39. The number of halogens is 1. The van der Waals surface area contributed by atoms with Crippen molar-refractivity contribution in [1.29, 1.82) is 0 Å². The van der Waals surface area contributed by atoms with Crippen molar-refractivity contribution in [2.75, 3.05) is 18.0 Å². The standard InChI is InChI=1S/C29H32ClN3O3/c1-19(2)17-31-28(35)20(3)33(18-22-9-4-5-13-24(22)30)26(34)15-8-16-32-25-14-7-11-21-10-6-12-23(27(21)25)29(32)36/h4-7,9-14,19-20H,8,15-18H2,1-3H3,(H,31,35). The van der Waals surface area contributed by atoms with E-state index in [2.05, 4.69) is 5.32 Å². The fraction of sp³-hybridized carbons (Fsp3) is 0.345. The van der Waals surface area contributed by atoms with E-state index < -0.39 is 6.04 Å². The molecule has 36 heavy (non-hydrogen) atoms. The molecule has 0 radical (unpaired) electrons. The number of carbonyl (C=O) groups is 3. The van der Waals surface area contributed by atoms with E-state index in [1.165, 1.54) is 0 Å². The molecule has 3 aromatic rings. The minimum atomic E-state index is -0.654. The van der Waals surface area contributed by atoms with Gasteiger partial charge in [-0.05, 0) is 48.4 Å². The van der Waals surface area contributed by atoms with Gasteiger partial charge in [-0.2, -0.15) is 0 Å². The van der Waals surface area contributed by atoms with Gasteiger partial charge in [0.1, 0.15) is 6.04 Å². The smallest absolute Gasteiger partial charge is 0.258 e. The Hall–Kier alpha value is -3.38. The summed E-state index contributed by atoms with van der Waals surface area (Å²) < 4.78 is 0. The van der Waals surface area contributed by atoms with Gasteiger partial charge in [0.05, 0.1) is 5.69 Å². The maximum atomic E-state index is 13.4. The van der Waals surface area contributed by atoms with E-state index in [9.17, 15) is 14.4 Å². The number of hydrogen-bond acceptors (Lipinski definition) is 3. The van der Waals surface area contributed by atoms with Crippen LogP contribution in [0.1, 0.15) is 49.5 Å². The number of benzene rings is 3. The molecule has 1 heterocycles. The molecule has 6 nitrogen and oxygen atoms in total. The van der Waals surface area contributed by atoms with E-state index in [-0.39, 0.29) is 30.7 Å². The van der Waals surface area contributed by atoms with Crippen molar-refractivity contribution >= 4 is 45.8 Å². The molecule has 7 heteroatoms. The molecule has 1 aliphatic rings. The summed E-state index contributed by atoms with van der Waals surface area (Å²) in [4.78, 5) is 42.6. The van der Waals surface area contributed by atoms with Crippen LogP contribution in [-0.2, 0) is 16.1 Å². The van der Waals surface area contributed by atoms with Crippen molar-refractivity contribution in [3.05, 3.63) is 76.8 Å². The van der Waals surface area contributed by atoms with Crippen LogP contribution in [0.5, 0.6) is 0 Å². The van der Waals surface area contributed by atoms with Crippen LogP contribution >= 0.6 is 11.6 Å². The van der Waals surface area contributed by atoms with Crippen LogP contribution in [0.2, 0.25) is 5.02 Å². The maximum absolute atomic E-state index is 13.4. The summed E-state index contributed by atoms with van der Waals surface area (Å²) in [6.07, 6.45) is 0.691. The molecule has 1 unspecified atom stereocenters. The zero-order valence-electron chi connectivity index (χ0n) is 21.0. The molecule has 3 aromatic carbocycles. The Labute approximate surface area is 217 Å². The summed E-state index contributed by atoms with van der Waals surface area (Å²) in [5.41, 5.74) is 2.37. The van der Waals surface area contributed by atoms with Crippen molar-refractivity contribution in [3.8, 4) is 0 Å². The predicted molar refractivity (Wildman–Crippen MR) is 144 cm³/mol. The SMILES string of the molecule is CC(C)CNC(=O)C(C)N(Cc1ccccc1Cl)C(=O)CCCN1C(=O)c2cccc3cccc1c23. The van der Waals surface area contributed by atoms with Gasteiger partial charge in [-0.3, -0.25) is 14.4 Å². The quantitative estimate of drug-likeness (QED) is 0.400. The normalized spacial score (nSPS) is 13.4. The highest BCUT2D eigenvalue weighted by Crippen LogP contribution is 2.37. The number of rotatable bonds is 10. The number of carbonyl (C=O) groups excluding carboxylic acids is 3. The van der Waals surface area contributed by atoms with Crippen LogP contribution in [0.4, 0.5) is 5.69 Å². The number of hydrogen-bond donors (Lipinski definition) is 1. The van der Waals surface area contributed by atoms with Gasteiger partial charge in [-0.25, -0.2) is 0 Å². The first-order chi connectivity index (χ1) is 17.3. The molecular formula is C29H32ClN3O3. The van der Waals surface area contributed by atoms with Gasteiger partial charge < -0.3 is 15.1 Å². The first-order valence-corrected chi connectivity index (χ1v) is 12.8. The highest BCUT2D eigenvalue weighted by Gasteiger charge is 2.30. The Morgan fingerprint density at radius 3 is 2.44 bits per heavy atom. The van der Waals surface area contributed by atoms with E-state index >= 15 is 0 Å². The predicted octanol–water partition coefficient (Wildman–Crippen LogP) is 5.42. The van der Waals surface area contributed by atoms with Gasteiger partial charge in [0, 0.05) is 42.0 Å². The molecule has 3 amide bonds. The molecule has 0 bridgehead atoms. The summed E-state index contributed by atoms with van der Waals surface area (Å²) in [5, 5.41) is 5.48. The summed E-state index contributed by atoms with van der Waals surface area (Å²) in [6.45, 7) is 6.99. The Kier molecular flexibility index (Phi) is 7.94. The lowest BCUT2D eigenvalue weighted by Gasteiger charge is -2.29. The molecule has 1 N–H and O–H groups in total. The monoisotopic (exact) mass is 505 g/mol. The molecule has 0 aromatic heterocycles. The second-order valence-corrected chi connectivity index (χ2v) is 10.1. The highest BCUT2D eigenvalue weighted by molar-refractivity contribution is 6.31. The lowest BCUT2D eigenvalue weighted by molar-refractivity contribution is -0.140. The molecule has 1 aliphatic heterocycles. The van der Waals surface area contributed by atoms with Crippen LogP contribution in [-0.4, -0.2) is 41.8 Å². The third-order valence-corrected chi connectivity index (χ3v) is 6.94. The fourth-order valence-corrected chi connectivity index (χ4v) is 4.77. The van der Waals surface area contributed by atoms with Gasteiger partial charge in [0.15, 0.2) is 0 Å². The Morgan fingerprint density at radius 1 is 1.00 bits per heavy atom. The number of anilines is 1. The minimum absolute atomic E-state index is 0.0383. The third-order valence-electron chi connectivity index (χ3n) is 6.57. The molecule has 0 aliphatic carbocycles. The number of nitrogens with zero attached hydrogens (tertiary/aromatic N) is 2. The first kappa shape index (κ1) is 25.7. The molecule has 1 atom stereocenters. The van der Waals surface area contributed by atoms with Crippen LogP contribution < -0.4 is 10.2 Å². The summed E-state index contributed by atoms with van der Waals surface area (Å²) in [7, 11) is 0. The van der Waals surface area contributed by atoms with E-state index in [1.807, 2.05) is 68.4 Å². The number of nitrogens with one attached hydrogen (secondary N) is 1. The lowest BCUT2D eigenvalue weighted by atomic mass is 10.1. The average molecular weight is 506 g/mol. The molecular weight excluding hydrogens is 474 g/mol. The van der Waals surface area contributed by atoms with Crippen LogP contribution in [0.15, 0.2) is 60.7 Å². The van der Waals surface area contributed by atoms with Crippen molar-refractivity contribution < 1.29 is 14.4 Å². The first-order valence-electron chi connectivity index (χ1n) is 12.4. The summed E-state index contributed by atoms with van der Waals surface area (Å²) in [6, 6.07) is 18.3. The summed E-state index contributed by atoms with van der Waals surface area (Å²) >= 11 is 6.37. The van der Waals surface area contributed by atoms with Crippen molar-refractivity contribution in [1.82, 2.24) is 10.2 Å². The topological polar surface area (TPSA) is 69.7 Å². The number of amides is 3. The van der Waals surface area contributed by atoms with E-state index in [0.717, 1.165) is 22.0 Å². The fourth-order valence-electron chi connectivity index (χ4n) is 4.58. The van der Waals surface area contributed by atoms with Crippen LogP contribution in [0, 0.1) is 5.92 Å². The van der Waals surface area contributed by atoms with E-state index in [0.29, 0.717) is 36.0 Å². The Bertz CT molecular complexity index is 1280. The zero-order valence-corrected chi connectivity index (χ0v) is 21.7. The maximum Gasteiger partial charge on any atom is 0.258 e. The van der Waals surface area contributed by atoms with Gasteiger partial charge in [0.2, 0.25) is 11.8 Å². The van der Waals surface area contributed by atoms with Gasteiger partial charge in [-0.15, -0.1) is 0 Å². The van der Waals surface area contributed by atoms with Crippen LogP contribution in [0.25, 0.3) is 10.8 Å². The van der Waals surface area contributed by atoms with Crippen molar-refractivity contribution in [3.63, 3.8) is 0 Å². The molecule has 0 saturated heterocycles. The lowest BCUT2D eigenvalue weighted by Crippen LogP contribution is -2.48. The van der Waals surface area contributed by atoms with Crippen LogP contribution in [0.3, 0.4) is 0 Å². The molecule has 4 rings (SSSR count). The van der Waals surface area contributed by atoms with Gasteiger partial charge >= 0.3 is 0 Å². The second-order valence-electron chi connectivity index (χ2n) is 9.67. The van der Waals surface area contributed by atoms with Crippen molar-refractivity contribution in [2.24, 2.45) is 5.92 Å². The Balaban J connectivity index is 1.46. The van der Waals surface area contributed by atoms with E-state index in [1.54, 1.807) is 22.8 Å². The van der Waals surface area contributed by atoms with Crippen molar-refractivity contribution in [2.45, 2.75) is 46.2 Å². The summed E-state index contributed by atoms with van der Waals surface area (Å²) in [5.74, 6) is -0.0746. The minimum Gasteiger partial charge on any atom is -0.354 e. The average Bonchev–Trinajstić information content (AvgIpc) is 3.14. The molecule has 188 valence electrons. The van der Waals surface area contributed by atoms with Gasteiger partial charge in [-0.1, -0.05) is 67.9 Å². The largest absolute Gasteiger partial charge is 0.354 e. The van der Waals surface area contributed by atoms with Gasteiger partial charge in [0.25, 0.3) is 5.91 Å². The molecule has 0 fully saturated rings. The Morgan fingerprint density at radius 2 is 1.72 bits per heavy atom. The second kappa shape index (κ2) is 11.1.